The molecule has 0 aliphatic carbocycles. The Morgan fingerprint density at radius 2 is 1.71 bits per heavy atom. The van der Waals surface area contributed by atoms with Gasteiger partial charge in [-0.15, -0.1) is 0 Å². The minimum Gasteiger partial charge on any atom is -0.448 e. The molecule has 2 aliphatic heterocycles. The summed E-state index contributed by atoms with van der Waals surface area (Å²) in [7, 11) is 0. The van der Waals surface area contributed by atoms with Crippen molar-refractivity contribution in [1.29, 1.82) is 21.2 Å². The molecule has 1 aromatic carbocycles. The standard InChI is InChI=1S/C17H13FN4O2/c1-10-15(2)23-13(11-3-5-12(18)6-4-11)16(7-19,8-20)17(10,9-21)14(22)24-15/h3-6,10,13,22H,1-2H3/t10-,13+,15+,17-/m0/s1. The molecule has 1 aromatic rings. The molecule has 0 radical (unpaired) electrons. The molecular weight excluding hydrogens is 311 g/mol. The van der Waals surface area contributed by atoms with Crippen LogP contribution in [0.5, 0.6) is 0 Å². The van der Waals surface area contributed by atoms with Crippen molar-refractivity contribution >= 4 is 5.90 Å². The van der Waals surface area contributed by atoms with Crippen molar-refractivity contribution in [1.82, 2.24) is 0 Å². The quantitative estimate of drug-likeness (QED) is 0.853. The maximum Gasteiger partial charge on any atom is 0.214 e. The molecule has 2 aliphatic rings. The minimum absolute atomic E-state index is 0.371. The first-order valence-electron chi connectivity index (χ1n) is 7.26. The number of ether oxygens (including phenoxy) is 2. The molecular formula is C17H13FN4O2. The Morgan fingerprint density at radius 3 is 2.21 bits per heavy atom. The van der Waals surface area contributed by atoms with Gasteiger partial charge in [-0.1, -0.05) is 19.1 Å². The van der Waals surface area contributed by atoms with E-state index in [1.54, 1.807) is 13.8 Å². The molecule has 3 rings (SSSR count). The summed E-state index contributed by atoms with van der Waals surface area (Å²) < 4.78 is 24.6. The van der Waals surface area contributed by atoms with Crippen molar-refractivity contribution in [2.45, 2.75) is 25.7 Å². The predicted octanol–water partition coefficient (Wildman–Crippen LogP) is 2.80. The lowest BCUT2D eigenvalue weighted by Crippen LogP contribution is -2.57. The SMILES string of the molecule is C[C@H]1[C@@]2(C)OC(=N)[C@@]1(C#N)C(C#N)(C#N)[C@@H](c1ccc(F)cc1)O2. The summed E-state index contributed by atoms with van der Waals surface area (Å²) in [4.78, 5) is 0. The third-order valence-electron chi connectivity index (χ3n) is 5.17. The van der Waals surface area contributed by atoms with Crippen LogP contribution in [-0.4, -0.2) is 11.7 Å². The largest absolute Gasteiger partial charge is 0.448 e. The van der Waals surface area contributed by atoms with Gasteiger partial charge in [0.25, 0.3) is 0 Å². The number of hydrogen-bond acceptors (Lipinski definition) is 6. The van der Waals surface area contributed by atoms with Crippen LogP contribution in [-0.2, 0) is 9.47 Å². The topological polar surface area (TPSA) is 114 Å². The summed E-state index contributed by atoms with van der Waals surface area (Å²) in [6.45, 7) is 3.19. The fraction of sp³-hybridized carbons (Fsp3) is 0.412. The normalized spacial score (nSPS) is 36.1. The second-order valence-electron chi connectivity index (χ2n) is 6.17. The lowest BCUT2D eigenvalue weighted by molar-refractivity contribution is -0.268. The molecule has 1 N–H and O–H groups in total. The summed E-state index contributed by atoms with van der Waals surface area (Å²) in [5, 5.41) is 37.7. The molecule has 0 unspecified atom stereocenters. The summed E-state index contributed by atoms with van der Waals surface area (Å²) >= 11 is 0. The zero-order chi connectivity index (χ0) is 17.8. The fourth-order valence-electron chi connectivity index (χ4n) is 3.65. The first-order chi connectivity index (χ1) is 11.3. The van der Waals surface area contributed by atoms with Gasteiger partial charge < -0.3 is 9.47 Å². The van der Waals surface area contributed by atoms with E-state index < -0.39 is 40.4 Å². The summed E-state index contributed by atoms with van der Waals surface area (Å²) in [5.74, 6) is -2.97. The molecule has 0 spiro atoms. The van der Waals surface area contributed by atoms with Gasteiger partial charge in [0, 0.05) is 6.92 Å². The predicted molar refractivity (Wildman–Crippen MR) is 78.3 cm³/mol. The van der Waals surface area contributed by atoms with E-state index in [1.807, 2.05) is 18.2 Å². The van der Waals surface area contributed by atoms with Gasteiger partial charge in [0.2, 0.25) is 17.1 Å². The number of nitrogens with zero attached hydrogens (tertiary/aromatic N) is 3. The van der Waals surface area contributed by atoms with Crippen LogP contribution < -0.4 is 0 Å². The first kappa shape index (κ1) is 15.9. The fourth-order valence-corrected chi connectivity index (χ4v) is 3.65. The van der Waals surface area contributed by atoms with Gasteiger partial charge in [-0.25, -0.2) is 4.39 Å². The maximum atomic E-state index is 13.2. The molecule has 2 heterocycles. The molecule has 0 amide bonds. The van der Waals surface area contributed by atoms with E-state index in [1.165, 1.54) is 24.3 Å². The van der Waals surface area contributed by atoms with Crippen molar-refractivity contribution in [3.05, 3.63) is 35.6 Å². The van der Waals surface area contributed by atoms with Crippen LogP contribution in [0.1, 0.15) is 25.5 Å². The van der Waals surface area contributed by atoms with Crippen LogP contribution >= 0.6 is 0 Å². The van der Waals surface area contributed by atoms with E-state index >= 15 is 0 Å². The van der Waals surface area contributed by atoms with E-state index in [0.717, 1.165) is 0 Å². The molecule has 120 valence electrons. The molecule has 7 heteroatoms. The van der Waals surface area contributed by atoms with Gasteiger partial charge in [0.15, 0.2) is 5.41 Å². The zero-order valence-corrected chi connectivity index (χ0v) is 13.0. The highest BCUT2D eigenvalue weighted by Crippen LogP contribution is 2.66. The molecule has 2 saturated heterocycles. The second kappa shape index (κ2) is 4.77. The van der Waals surface area contributed by atoms with Crippen LogP contribution in [0.2, 0.25) is 0 Å². The van der Waals surface area contributed by atoms with Gasteiger partial charge in [-0.3, -0.25) is 5.41 Å². The average Bonchev–Trinajstić information content (AvgIpc) is 2.71. The zero-order valence-electron chi connectivity index (χ0n) is 13.0. The van der Waals surface area contributed by atoms with Gasteiger partial charge in [0.05, 0.1) is 24.1 Å². The van der Waals surface area contributed by atoms with E-state index in [4.69, 9.17) is 14.9 Å². The molecule has 2 fully saturated rings. The Kier molecular flexibility index (Phi) is 3.17. The highest BCUT2D eigenvalue weighted by Gasteiger charge is 2.78. The van der Waals surface area contributed by atoms with Crippen LogP contribution in [0.4, 0.5) is 4.39 Å². The van der Waals surface area contributed by atoms with Crippen LogP contribution in [0, 0.1) is 62.0 Å². The minimum atomic E-state index is -1.99. The number of fused-ring (bicyclic) bond motifs is 2. The van der Waals surface area contributed by atoms with E-state index in [-0.39, 0.29) is 0 Å². The van der Waals surface area contributed by atoms with Crippen molar-refractivity contribution in [2.75, 3.05) is 0 Å². The Morgan fingerprint density at radius 1 is 1.12 bits per heavy atom. The lowest BCUT2D eigenvalue weighted by atomic mass is 9.54. The number of nitrogens with one attached hydrogen (secondary N) is 1. The number of rotatable bonds is 1. The summed E-state index contributed by atoms with van der Waals surface area (Å²) in [5.41, 5.74) is -3.40. The first-order valence-corrected chi connectivity index (χ1v) is 7.26. The molecule has 2 bridgehead atoms. The third kappa shape index (κ3) is 1.56. The van der Waals surface area contributed by atoms with Gasteiger partial charge in [-0.2, -0.15) is 15.8 Å². The molecule has 24 heavy (non-hydrogen) atoms. The van der Waals surface area contributed by atoms with Gasteiger partial charge >= 0.3 is 0 Å². The van der Waals surface area contributed by atoms with E-state index in [0.29, 0.717) is 5.56 Å². The average molecular weight is 324 g/mol. The lowest BCUT2D eigenvalue weighted by Gasteiger charge is -2.47. The van der Waals surface area contributed by atoms with Crippen molar-refractivity contribution in [2.24, 2.45) is 16.7 Å². The molecule has 4 atom stereocenters. The van der Waals surface area contributed by atoms with Crippen molar-refractivity contribution in [3.63, 3.8) is 0 Å². The maximum absolute atomic E-state index is 13.2. The van der Waals surface area contributed by atoms with Crippen molar-refractivity contribution < 1.29 is 13.9 Å². The second-order valence-corrected chi connectivity index (χ2v) is 6.17. The van der Waals surface area contributed by atoms with Crippen LogP contribution in [0.3, 0.4) is 0 Å². The van der Waals surface area contributed by atoms with Crippen LogP contribution in [0.15, 0.2) is 24.3 Å². The van der Waals surface area contributed by atoms with E-state index in [9.17, 15) is 20.2 Å². The smallest absolute Gasteiger partial charge is 0.214 e. The monoisotopic (exact) mass is 324 g/mol. The van der Waals surface area contributed by atoms with Gasteiger partial charge in [-0.05, 0) is 17.7 Å². The molecule has 6 nitrogen and oxygen atoms in total. The summed E-state index contributed by atoms with van der Waals surface area (Å²) in [6, 6.07) is 11.0. The molecule has 0 saturated carbocycles. The number of nitriles is 3. The highest BCUT2D eigenvalue weighted by atomic mass is 19.1. The van der Waals surface area contributed by atoms with E-state index in [2.05, 4.69) is 0 Å². The highest BCUT2D eigenvalue weighted by molar-refractivity contribution is 5.89. The molecule has 0 aromatic heterocycles. The third-order valence-corrected chi connectivity index (χ3v) is 5.17. The van der Waals surface area contributed by atoms with Crippen molar-refractivity contribution in [3.8, 4) is 18.2 Å². The number of hydrogen-bond donors (Lipinski definition) is 1. The number of benzene rings is 1. The van der Waals surface area contributed by atoms with Crippen LogP contribution in [0.25, 0.3) is 0 Å². The number of halogens is 1. The summed E-state index contributed by atoms with van der Waals surface area (Å²) in [6.07, 6.45) is -1.16. The Labute approximate surface area is 138 Å². The Hall–Kier alpha value is -2.95. The Bertz CT molecular complexity index is 833. The Balaban J connectivity index is 2.31. The van der Waals surface area contributed by atoms with Gasteiger partial charge in [0.1, 0.15) is 11.9 Å².